The summed E-state index contributed by atoms with van der Waals surface area (Å²) in [5, 5.41) is 3.50. The van der Waals surface area contributed by atoms with Gasteiger partial charge in [-0.15, -0.1) is 0 Å². The second kappa shape index (κ2) is 7.40. The predicted molar refractivity (Wildman–Crippen MR) is 95.9 cm³/mol. The van der Waals surface area contributed by atoms with Crippen molar-refractivity contribution in [1.82, 2.24) is 19.8 Å². The molecule has 1 heterocycles. The van der Waals surface area contributed by atoms with Gasteiger partial charge in [-0.05, 0) is 63.4 Å². The Labute approximate surface area is 137 Å². The molecule has 0 spiro atoms. The average Bonchev–Trinajstić information content (AvgIpc) is 2.99. The van der Waals surface area contributed by atoms with Crippen LogP contribution in [0.25, 0.3) is 16.7 Å². The predicted octanol–water partition coefficient (Wildman–Crippen LogP) is 3.07. The molecular weight excluding hydrogens is 284 g/mol. The summed E-state index contributed by atoms with van der Waals surface area (Å²) in [7, 11) is 4.22. The summed E-state index contributed by atoms with van der Waals surface area (Å²) in [5.41, 5.74) is 4.62. The molecule has 0 fully saturated rings. The van der Waals surface area contributed by atoms with E-state index in [0.29, 0.717) is 0 Å². The maximum absolute atomic E-state index is 4.45. The number of para-hydroxylation sites is 2. The number of aromatic nitrogens is 2. The molecule has 1 aromatic heterocycles. The van der Waals surface area contributed by atoms with E-state index in [1.807, 2.05) is 24.5 Å². The van der Waals surface area contributed by atoms with Gasteiger partial charge in [0.05, 0.1) is 11.0 Å². The fraction of sp³-hybridized carbons (Fsp3) is 0.316. The van der Waals surface area contributed by atoms with Crippen molar-refractivity contribution in [2.24, 2.45) is 0 Å². The minimum absolute atomic E-state index is 0.915. The third-order valence-electron chi connectivity index (χ3n) is 3.96. The Hall–Kier alpha value is -2.17. The molecule has 0 saturated carbocycles. The van der Waals surface area contributed by atoms with Crippen molar-refractivity contribution in [3.8, 4) is 5.69 Å². The van der Waals surface area contributed by atoms with Crippen LogP contribution in [-0.2, 0) is 6.54 Å². The summed E-state index contributed by atoms with van der Waals surface area (Å²) in [6.45, 7) is 3.09. The van der Waals surface area contributed by atoms with Crippen LogP contribution in [-0.4, -0.2) is 41.6 Å². The molecule has 0 aliphatic heterocycles. The second-order valence-corrected chi connectivity index (χ2v) is 6.10. The van der Waals surface area contributed by atoms with E-state index < -0.39 is 0 Å². The monoisotopic (exact) mass is 308 g/mol. The Kier molecular flexibility index (Phi) is 5.05. The third-order valence-corrected chi connectivity index (χ3v) is 3.96. The Balaban J connectivity index is 1.61. The van der Waals surface area contributed by atoms with Crippen molar-refractivity contribution < 1.29 is 0 Å². The van der Waals surface area contributed by atoms with Crippen LogP contribution in [0.3, 0.4) is 0 Å². The van der Waals surface area contributed by atoms with Gasteiger partial charge in [0.1, 0.15) is 6.33 Å². The molecule has 1 N–H and O–H groups in total. The zero-order chi connectivity index (χ0) is 16.1. The maximum atomic E-state index is 4.45. The lowest BCUT2D eigenvalue weighted by Gasteiger charge is -2.10. The van der Waals surface area contributed by atoms with E-state index in [1.54, 1.807) is 0 Å². The first-order chi connectivity index (χ1) is 11.2. The molecule has 3 rings (SSSR count). The molecule has 0 atom stereocenters. The molecule has 0 amide bonds. The summed E-state index contributed by atoms with van der Waals surface area (Å²) >= 11 is 0. The van der Waals surface area contributed by atoms with Gasteiger partial charge in [0.2, 0.25) is 0 Å². The van der Waals surface area contributed by atoms with Crippen molar-refractivity contribution in [2.75, 3.05) is 27.2 Å². The van der Waals surface area contributed by atoms with E-state index in [0.717, 1.165) is 36.4 Å². The van der Waals surface area contributed by atoms with Crippen LogP contribution in [0.1, 0.15) is 12.0 Å². The van der Waals surface area contributed by atoms with Gasteiger partial charge < -0.3 is 10.2 Å². The van der Waals surface area contributed by atoms with Crippen LogP contribution >= 0.6 is 0 Å². The highest BCUT2D eigenvalue weighted by atomic mass is 15.1. The Bertz CT molecular complexity index is 743. The molecule has 3 aromatic rings. The van der Waals surface area contributed by atoms with Gasteiger partial charge in [0.25, 0.3) is 0 Å². The average molecular weight is 308 g/mol. The number of hydrogen-bond acceptors (Lipinski definition) is 3. The van der Waals surface area contributed by atoms with E-state index >= 15 is 0 Å². The van der Waals surface area contributed by atoms with Gasteiger partial charge in [0, 0.05) is 12.2 Å². The van der Waals surface area contributed by atoms with Crippen molar-refractivity contribution in [3.63, 3.8) is 0 Å². The van der Waals surface area contributed by atoms with Crippen LogP contribution in [0.15, 0.2) is 54.9 Å². The zero-order valence-corrected chi connectivity index (χ0v) is 13.9. The highest BCUT2D eigenvalue weighted by Crippen LogP contribution is 2.18. The zero-order valence-electron chi connectivity index (χ0n) is 13.9. The SMILES string of the molecule is CN(C)CCCNCc1ccc(-n2cnc3ccccc32)cc1. The van der Waals surface area contributed by atoms with Gasteiger partial charge >= 0.3 is 0 Å². The first-order valence-corrected chi connectivity index (χ1v) is 8.11. The lowest BCUT2D eigenvalue weighted by Crippen LogP contribution is -2.20. The fourth-order valence-electron chi connectivity index (χ4n) is 2.69. The van der Waals surface area contributed by atoms with Crippen LogP contribution in [0.2, 0.25) is 0 Å². The Morgan fingerprint density at radius 1 is 1.04 bits per heavy atom. The molecule has 0 saturated heterocycles. The molecule has 0 aliphatic rings. The molecule has 0 radical (unpaired) electrons. The molecule has 4 heteroatoms. The smallest absolute Gasteiger partial charge is 0.100 e. The molecule has 0 bridgehead atoms. The van der Waals surface area contributed by atoms with E-state index in [2.05, 4.69) is 64.2 Å². The lowest BCUT2D eigenvalue weighted by molar-refractivity contribution is 0.394. The van der Waals surface area contributed by atoms with E-state index in [1.165, 1.54) is 12.0 Å². The van der Waals surface area contributed by atoms with E-state index in [4.69, 9.17) is 0 Å². The number of benzene rings is 2. The van der Waals surface area contributed by atoms with Crippen LogP contribution in [0.5, 0.6) is 0 Å². The molecule has 2 aromatic carbocycles. The first-order valence-electron chi connectivity index (χ1n) is 8.11. The number of rotatable bonds is 7. The first kappa shape index (κ1) is 15.7. The molecule has 0 aliphatic carbocycles. The van der Waals surface area contributed by atoms with Gasteiger partial charge in [-0.1, -0.05) is 24.3 Å². The summed E-state index contributed by atoms with van der Waals surface area (Å²) in [6.07, 6.45) is 3.06. The minimum Gasteiger partial charge on any atom is -0.313 e. The summed E-state index contributed by atoms with van der Waals surface area (Å²) in [6, 6.07) is 16.9. The van der Waals surface area contributed by atoms with Gasteiger partial charge in [-0.3, -0.25) is 4.57 Å². The highest BCUT2D eigenvalue weighted by molar-refractivity contribution is 5.77. The van der Waals surface area contributed by atoms with Gasteiger partial charge in [0.15, 0.2) is 0 Å². The van der Waals surface area contributed by atoms with Crippen molar-refractivity contribution in [3.05, 3.63) is 60.4 Å². The normalized spacial score (nSPS) is 11.4. The van der Waals surface area contributed by atoms with Crippen LogP contribution < -0.4 is 5.32 Å². The number of nitrogens with zero attached hydrogens (tertiary/aromatic N) is 3. The molecule has 23 heavy (non-hydrogen) atoms. The number of nitrogens with one attached hydrogen (secondary N) is 1. The topological polar surface area (TPSA) is 33.1 Å². The molecule has 4 nitrogen and oxygen atoms in total. The fourth-order valence-corrected chi connectivity index (χ4v) is 2.69. The number of imidazole rings is 1. The maximum Gasteiger partial charge on any atom is 0.100 e. The Morgan fingerprint density at radius 3 is 2.61 bits per heavy atom. The quantitative estimate of drug-likeness (QED) is 0.681. The van der Waals surface area contributed by atoms with Gasteiger partial charge in [-0.2, -0.15) is 0 Å². The largest absolute Gasteiger partial charge is 0.313 e. The third kappa shape index (κ3) is 3.97. The summed E-state index contributed by atoms with van der Waals surface area (Å²) < 4.78 is 2.13. The molecule has 120 valence electrons. The van der Waals surface area contributed by atoms with Crippen LogP contribution in [0.4, 0.5) is 0 Å². The number of fused-ring (bicyclic) bond motifs is 1. The summed E-state index contributed by atoms with van der Waals surface area (Å²) in [4.78, 5) is 6.66. The molecule has 0 unspecified atom stereocenters. The lowest BCUT2D eigenvalue weighted by atomic mass is 10.2. The highest BCUT2D eigenvalue weighted by Gasteiger charge is 2.03. The molecular formula is C19H24N4. The van der Waals surface area contributed by atoms with Crippen molar-refractivity contribution in [1.29, 1.82) is 0 Å². The van der Waals surface area contributed by atoms with Crippen molar-refractivity contribution in [2.45, 2.75) is 13.0 Å². The Morgan fingerprint density at radius 2 is 1.83 bits per heavy atom. The standard InChI is InChI=1S/C19H24N4/c1-22(2)13-5-12-20-14-16-8-10-17(11-9-16)23-15-21-18-6-3-4-7-19(18)23/h3-4,6-11,15,20H,5,12-14H2,1-2H3. The summed E-state index contributed by atoms with van der Waals surface area (Å²) in [5.74, 6) is 0. The van der Waals surface area contributed by atoms with E-state index in [-0.39, 0.29) is 0 Å². The van der Waals surface area contributed by atoms with Crippen LogP contribution in [0, 0.1) is 0 Å². The van der Waals surface area contributed by atoms with Crippen molar-refractivity contribution >= 4 is 11.0 Å². The second-order valence-electron chi connectivity index (χ2n) is 6.10. The number of hydrogen-bond donors (Lipinski definition) is 1. The van der Waals surface area contributed by atoms with E-state index in [9.17, 15) is 0 Å². The minimum atomic E-state index is 0.915. The van der Waals surface area contributed by atoms with Gasteiger partial charge in [-0.25, -0.2) is 4.98 Å².